The van der Waals surface area contributed by atoms with Crippen molar-refractivity contribution in [1.82, 2.24) is 0 Å². The summed E-state index contributed by atoms with van der Waals surface area (Å²) in [5.74, 6) is -1.35. The summed E-state index contributed by atoms with van der Waals surface area (Å²) < 4.78 is 26.1. The van der Waals surface area contributed by atoms with Crippen LogP contribution in [0.2, 0.25) is 0 Å². The molecule has 0 bridgehead atoms. The molecule has 0 aliphatic rings. The summed E-state index contributed by atoms with van der Waals surface area (Å²) in [6.45, 7) is 3.38. The third-order valence-corrected chi connectivity index (χ3v) is 8.35. The number of phosphoric acid groups is 1. The van der Waals surface area contributed by atoms with E-state index in [4.69, 9.17) is 19.3 Å². The van der Waals surface area contributed by atoms with Crippen LogP contribution in [0.15, 0.2) is 85.1 Å². The average molecular weight is 761 g/mol. The average Bonchev–Trinajstić information content (AvgIpc) is 3.12. The van der Waals surface area contributed by atoms with Gasteiger partial charge in [-0.15, -0.1) is 0 Å². The zero-order valence-electron chi connectivity index (χ0n) is 32.6. The number of allylic oxidation sites excluding steroid dienone is 14. The van der Waals surface area contributed by atoms with Gasteiger partial charge in [-0.1, -0.05) is 138 Å². The van der Waals surface area contributed by atoms with Crippen molar-refractivity contribution in [3.05, 3.63) is 85.1 Å². The number of esters is 2. The van der Waals surface area contributed by atoms with Crippen molar-refractivity contribution >= 4 is 25.5 Å². The number of hydrogen-bond donors (Lipinski definition) is 2. The minimum absolute atomic E-state index is 0.0922. The van der Waals surface area contributed by atoms with Crippen molar-refractivity contribution in [1.29, 1.82) is 0 Å². The predicted molar refractivity (Wildman–Crippen MR) is 216 cm³/mol. The van der Waals surface area contributed by atoms with Gasteiger partial charge in [0, 0.05) is 19.3 Å². The largest absolute Gasteiger partial charge is 0.469 e. The summed E-state index contributed by atoms with van der Waals surface area (Å²) in [5, 5.41) is 0. The van der Waals surface area contributed by atoms with E-state index in [9.17, 15) is 18.9 Å². The standard InChI is InChI=1S/C43H69O9P/c1-3-5-7-9-11-13-15-17-18-19-20-22-24-26-28-30-32-36-42(45)50-38-41(39-51-53(47,48)49)52-43(46)37-33-35-40(44)34-31-29-27-25-23-21-16-14-12-10-8-6-4-2/h12,14,17-18,20-23,26-29,31,34,41H,3-11,13,15-16,19,24-25,30,32-33,35-39H2,1-2H3,(H2,47,48,49)/b14-12-,18-17-,22-20-,23-21-,28-26-,29-27-,34-31+/t41-/m1/s1. The van der Waals surface area contributed by atoms with Crippen LogP contribution in [0.5, 0.6) is 0 Å². The summed E-state index contributed by atoms with van der Waals surface area (Å²) in [7, 11) is -4.83. The lowest BCUT2D eigenvalue weighted by molar-refractivity contribution is -0.161. The molecule has 0 aromatic rings. The summed E-state index contributed by atoms with van der Waals surface area (Å²) in [4.78, 5) is 54.8. The Bertz CT molecular complexity index is 1190. The molecule has 0 amide bonds. The molecule has 0 aromatic heterocycles. The van der Waals surface area contributed by atoms with Crippen LogP contribution in [0.1, 0.15) is 149 Å². The molecule has 10 heteroatoms. The van der Waals surface area contributed by atoms with Gasteiger partial charge in [0.2, 0.25) is 0 Å². The van der Waals surface area contributed by atoms with Gasteiger partial charge in [0.05, 0.1) is 6.61 Å². The van der Waals surface area contributed by atoms with Gasteiger partial charge in [-0.05, 0) is 76.7 Å². The normalized spacial score (nSPS) is 13.3. The minimum atomic E-state index is -4.83. The van der Waals surface area contributed by atoms with Crippen LogP contribution in [0.25, 0.3) is 0 Å². The summed E-state index contributed by atoms with van der Waals surface area (Å²) in [5.41, 5.74) is 0. The zero-order chi connectivity index (χ0) is 39.1. The van der Waals surface area contributed by atoms with Gasteiger partial charge in [-0.2, -0.15) is 0 Å². The van der Waals surface area contributed by atoms with Crippen molar-refractivity contribution in [2.75, 3.05) is 13.2 Å². The fraction of sp³-hybridized carbons (Fsp3) is 0.605. The van der Waals surface area contributed by atoms with Gasteiger partial charge in [0.15, 0.2) is 11.9 Å². The Morgan fingerprint density at radius 1 is 0.547 bits per heavy atom. The molecule has 0 aliphatic heterocycles. The molecule has 300 valence electrons. The monoisotopic (exact) mass is 760 g/mol. The third kappa shape index (κ3) is 39.9. The van der Waals surface area contributed by atoms with Crippen LogP contribution >= 0.6 is 7.82 Å². The number of ether oxygens (including phenoxy) is 2. The van der Waals surface area contributed by atoms with Gasteiger partial charge < -0.3 is 19.3 Å². The second kappa shape index (κ2) is 37.2. The van der Waals surface area contributed by atoms with E-state index in [-0.39, 0.29) is 31.5 Å². The van der Waals surface area contributed by atoms with Gasteiger partial charge >= 0.3 is 19.8 Å². The summed E-state index contributed by atoms with van der Waals surface area (Å²) in [6, 6.07) is 0. The maximum Gasteiger partial charge on any atom is 0.469 e. The maximum atomic E-state index is 12.4. The zero-order valence-corrected chi connectivity index (χ0v) is 33.5. The molecule has 53 heavy (non-hydrogen) atoms. The second-order valence-electron chi connectivity index (χ2n) is 12.9. The Kier molecular flexibility index (Phi) is 35.0. The van der Waals surface area contributed by atoms with Crippen molar-refractivity contribution in [2.24, 2.45) is 0 Å². The van der Waals surface area contributed by atoms with Crippen LogP contribution < -0.4 is 0 Å². The van der Waals surface area contributed by atoms with Gasteiger partial charge in [-0.25, -0.2) is 4.57 Å². The van der Waals surface area contributed by atoms with Crippen LogP contribution in [0, 0.1) is 0 Å². The van der Waals surface area contributed by atoms with Crippen LogP contribution in [-0.2, 0) is 32.9 Å². The molecular weight excluding hydrogens is 691 g/mol. The fourth-order valence-electron chi connectivity index (χ4n) is 4.87. The molecule has 0 heterocycles. The van der Waals surface area contributed by atoms with E-state index < -0.39 is 39.1 Å². The Morgan fingerprint density at radius 2 is 1.04 bits per heavy atom. The quantitative estimate of drug-likeness (QED) is 0.0161. The Morgan fingerprint density at radius 3 is 1.64 bits per heavy atom. The molecule has 0 aromatic carbocycles. The number of phosphoric ester groups is 1. The van der Waals surface area contributed by atoms with E-state index in [1.54, 1.807) is 12.2 Å². The number of rotatable bonds is 35. The van der Waals surface area contributed by atoms with E-state index in [2.05, 4.69) is 67.0 Å². The van der Waals surface area contributed by atoms with E-state index in [1.807, 2.05) is 18.2 Å². The highest BCUT2D eigenvalue weighted by Gasteiger charge is 2.23. The molecule has 0 rings (SSSR count). The summed E-state index contributed by atoms with van der Waals surface area (Å²) in [6.07, 6.45) is 46.0. The lowest BCUT2D eigenvalue weighted by Gasteiger charge is -2.18. The second-order valence-corrected chi connectivity index (χ2v) is 14.2. The Balaban J connectivity index is 4.26. The fourth-order valence-corrected chi connectivity index (χ4v) is 5.23. The predicted octanol–water partition coefficient (Wildman–Crippen LogP) is 11.2. The highest BCUT2D eigenvalue weighted by molar-refractivity contribution is 7.46. The van der Waals surface area contributed by atoms with Crippen molar-refractivity contribution in [2.45, 2.75) is 155 Å². The van der Waals surface area contributed by atoms with E-state index in [0.717, 1.165) is 38.5 Å². The lowest BCUT2D eigenvalue weighted by Crippen LogP contribution is -2.29. The molecular formula is C43H69O9P. The topological polar surface area (TPSA) is 136 Å². The first-order valence-electron chi connectivity index (χ1n) is 19.8. The van der Waals surface area contributed by atoms with Crippen molar-refractivity contribution in [3.63, 3.8) is 0 Å². The first kappa shape index (κ1) is 49.9. The molecule has 0 saturated heterocycles. The van der Waals surface area contributed by atoms with Crippen molar-refractivity contribution < 1.29 is 42.7 Å². The maximum absolute atomic E-state index is 12.4. The lowest BCUT2D eigenvalue weighted by atomic mass is 10.1. The highest BCUT2D eigenvalue weighted by atomic mass is 31.2. The summed E-state index contributed by atoms with van der Waals surface area (Å²) >= 11 is 0. The van der Waals surface area contributed by atoms with E-state index in [0.29, 0.717) is 12.8 Å². The third-order valence-electron chi connectivity index (χ3n) is 7.86. The number of unbranched alkanes of at least 4 members (excludes halogenated alkanes) is 10. The van der Waals surface area contributed by atoms with Crippen LogP contribution in [-0.4, -0.2) is 46.8 Å². The Labute approximate surface area is 320 Å². The molecule has 0 unspecified atom stereocenters. The van der Waals surface area contributed by atoms with Gasteiger partial charge in [-0.3, -0.25) is 18.9 Å². The van der Waals surface area contributed by atoms with Gasteiger partial charge in [0.1, 0.15) is 6.61 Å². The first-order valence-corrected chi connectivity index (χ1v) is 21.4. The van der Waals surface area contributed by atoms with E-state index in [1.165, 1.54) is 63.9 Å². The van der Waals surface area contributed by atoms with Crippen LogP contribution in [0.3, 0.4) is 0 Å². The highest BCUT2D eigenvalue weighted by Crippen LogP contribution is 2.35. The van der Waals surface area contributed by atoms with Crippen LogP contribution in [0.4, 0.5) is 0 Å². The van der Waals surface area contributed by atoms with Crippen molar-refractivity contribution in [3.8, 4) is 0 Å². The smallest absolute Gasteiger partial charge is 0.462 e. The number of hydrogen-bond acceptors (Lipinski definition) is 7. The number of carbonyl (C=O) groups excluding carboxylic acids is 3. The molecule has 0 saturated carbocycles. The molecule has 9 nitrogen and oxygen atoms in total. The van der Waals surface area contributed by atoms with Gasteiger partial charge in [0.25, 0.3) is 0 Å². The first-order chi connectivity index (χ1) is 25.7. The molecule has 0 aliphatic carbocycles. The molecule has 0 spiro atoms. The molecule has 1 atom stereocenters. The molecule has 2 N–H and O–H groups in total. The molecule has 0 fully saturated rings. The molecule has 0 radical (unpaired) electrons. The Hall–Kier alpha value is -3.10. The minimum Gasteiger partial charge on any atom is -0.462 e. The van der Waals surface area contributed by atoms with E-state index >= 15 is 0 Å². The number of ketones is 1. The SMILES string of the molecule is CCCCC/C=C\C/C=C\C/C=C\C=C\C(=O)CCCC(=O)O[C@H](COC(=O)CCC/C=C\C/C=C\C/C=C\CCCCCCCC)COP(=O)(O)O. The number of carbonyl (C=O) groups is 3.